The highest BCUT2D eigenvalue weighted by atomic mass is 79.9. The molecular formula is C8H9BrCl2FNO. The van der Waals surface area contributed by atoms with Crippen molar-refractivity contribution in [3.8, 4) is 5.75 Å². The lowest BCUT2D eigenvalue weighted by Crippen LogP contribution is -2.12. The molecule has 14 heavy (non-hydrogen) atoms. The van der Waals surface area contributed by atoms with Crippen molar-refractivity contribution in [3.05, 3.63) is 27.2 Å². The maximum absolute atomic E-state index is 12.2. The highest BCUT2D eigenvalue weighted by molar-refractivity contribution is 9.10. The molecule has 0 aromatic heterocycles. The van der Waals surface area contributed by atoms with Crippen LogP contribution in [0.4, 0.5) is 4.39 Å². The molecule has 80 valence electrons. The van der Waals surface area contributed by atoms with Gasteiger partial charge in [-0.25, -0.2) is 4.39 Å². The topological polar surface area (TPSA) is 46.2 Å². The van der Waals surface area contributed by atoms with Crippen molar-refractivity contribution in [2.24, 2.45) is 5.73 Å². The number of aromatic hydroxyl groups is 1. The van der Waals surface area contributed by atoms with Gasteiger partial charge in [-0.05, 0) is 28.1 Å². The van der Waals surface area contributed by atoms with Gasteiger partial charge in [-0.15, -0.1) is 12.4 Å². The molecule has 0 spiro atoms. The Morgan fingerprint density at radius 1 is 1.57 bits per heavy atom. The molecule has 0 bridgehead atoms. The van der Waals surface area contributed by atoms with E-state index in [1.54, 1.807) is 0 Å². The number of phenolic OH excluding ortho intramolecular Hbond substituents is 1. The van der Waals surface area contributed by atoms with Crippen LogP contribution in [0.25, 0.3) is 0 Å². The highest BCUT2D eigenvalue weighted by Gasteiger charge is 2.13. The lowest BCUT2D eigenvalue weighted by molar-refractivity contribution is 0.413. The second-order valence-corrected chi connectivity index (χ2v) is 3.88. The fourth-order valence-corrected chi connectivity index (χ4v) is 1.79. The number of hydrogen-bond donors (Lipinski definition) is 2. The lowest BCUT2D eigenvalue weighted by atomic mass is 10.1. The zero-order valence-corrected chi connectivity index (χ0v) is 10.2. The molecule has 0 aliphatic heterocycles. The summed E-state index contributed by atoms with van der Waals surface area (Å²) in [7, 11) is 0. The molecule has 0 saturated carbocycles. The smallest absolute Gasteiger partial charge is 0.134 e. The largest absolute Gasteiger partial charge is 0.506 e. The Hall–Kier alpha value is -0.0300. The van der Waals surface area contributed by atoms with Gasteiger partial charge in [0.05, 0.1) is 10.5 Å². The van der Waals surface area contributed by atoms with Crippen LogP contribution >= 0.6 is 39.9 Å². The van der Waals surface area contributed by atoms with Gasteiger partial charge in [-0.3, -0.25) is 0 Å². The van der Waals surface area contributed by atoms with Crippen molar-refractivity contribution in [2.45, 2.75) is 6.04 Å². The van der Waals surface area contributed by atoms with Crippen LogP contribution in [0.5, 0.6) is 5.75 Å². The third kappa shape index (κ3) is 2.98. The number of nitrogens with two attached hydrogens (primary N) is 1. The molecular weight excluding hydrogens is 296 g/mol. The first kappa shape index (κ1) is 14.0. The summed E-state index contributed by atoms with van der Waals surface area (Å²) in [5.74, 6) is -0.0606. The van der Waals surface area contributed by atoms with Gasteiger partial charge in [-0.1, -0.05) is 11.6 Å². The van der Waals surface area contributed by atoms with Crippen LogP contribution in [0.15, 0.2) is 16.6 Å². The van der Waals surface area contributed by atoms with E-state index in [0.29, 0.717) is 15.1 Å². The van der Waals surface area contributed by atoms with E-state index in [1.807, 2.05) is 0 Å². The van der Waals surface area contributed by atoms with Crippen molar-refractivity contribution in [1.82, 2.24) is 0 Å². The first-order chi connectivity index (χ1) is 6.06. The first-order valence-electron chi connectivity index (χ1n) is 3.55. The Bertz CT molecular complexity index is 324. The van der Waals surface area contributed by atoms with E-state index in [9.17, 15) is 9.50 Å². The predicted molar refractivity (Wildman–Crippen MR) is 61.0 cm³/mol. The second kappa shape index (κ2) is 5.75. The number of alkyl halides is 1. The summed E-state index contributed by atoms with van der Waals surface area (Å²) in [6.07, 6.45) is 0. The van der Waals surface area contributed by atoms with Crippen molar-refractivity contribution in [3.63, 3.8) is 0 Å². The van der Waals surface area contributed by atoms with Crippen LogP contribution < -0.4 is 5.73 Å². The Balaban J connectivity index is 0.00000169. The third-order valence-electron chi connectivity index (χ3n) is 1.62. The summed E-state index contributed by atoms with van der Waals surface area (Å²) in [6.45, 7) is -0.736. The molecule has 0 amide bonds. The van der Waals surface area contributed by atoms with E-state index >= 15 is 0 Å². The fourth-order valence-electron chi connectivity index (χ4n) is 0.952. The minimum Gasteiger partial charge on any atom is -0.506 e. The van der Waals surface area contributed by atoms with Crippen LogP contribution in [0.2, 0.25) is 5.02 Å². The number of hydrogen-bond acceptors (Lipinski definition) is 2. The minimum atomic E-state index is -0.838. The van der Waals surface area contributed by atoms with Gasteiger partial charge in [0.25, 0.3) is 0 Å². The molecule has 0 heterocycles. The molecule has 1 aromatic carbocycles. The zero-order chi connectivity index (χ0) is 10.0. The van der Waals surface area contributed by atoms with Gasteiger partial charge >= 0.3 is 0 Å². The molecule has 0 unspecified atom stereocenters. The summed E-state index contributed by atoms with van der Waals surface area (Å²) in [4.78, 5) is 0. The zero-order valence-electron chi connectivity index (χ0n) is 7.01. The van der Waals surface area contributed by atoms with E-state index < -0.39 is 12.7 Å². The van der Waals surface area contributed by atoms with Gasteiger partial charge in [0.15, 0.2) is 0 Å². The van der Waals surface area contributed by atoms with Crippen LogP contribution in [-0.2, 0) is 0 Å². The molecule has 0 fully saturated rings. The summed E-state index contributed by atoms with van der Waals surface area (Å²) in [5, 5.41) is 9.88. The molecule has 0 saturated heterocycles. The van der Waals surface area contributed by atoms with Crippen LogP contribution in [-0.4, -0.2) is 11.8 Å². The van der Waals surface area contributed by atoms with Crippen LogP contribution in [0.1, 0.15) is 11.6 Å². The number of rotatable bonds is 2. The van der Waals surface area contributed by atoms with Crippen molar-refractivity contribution in [2.75, 3.05) is 6.67 Å². The Kier molecular flexibility index (Phi) is 5.74. The normalized spacial score (nSPS) is 12.0. The summed E-state index contributed by atoms with van der Waals surface area (Å²) >= 11 is 8.79. The molecule has 0 aliphatic carbocycles. The molecule has 0 radical (unpaired) electrons. The quantitative estimate of drug-likeness (QED) is 0.881. The maximum atomic E-state index is 12.2. The molecule has 1 aromatic rings. The van der Waals surface area contributed by atoms with Crippen molar-refractivity contribution < 1.29 is 9.50 Å². The first-order valence-corrected chi connectivity index (χ1v) is 4.72. The standard InChI is InChI=1S/C8H8BrClFNO.ClH/c9-6-2-4(10)1-5(8(6)13)7(12)3-11;/h1-2,7,13H,3,12H2;1H/t7-;/m0./s1. The molecule has 6 heteroatoms. The minimum absolute atomic E-state index is 0. The summed E-state index contributed by atoms with van der Waals surface area (Å²) in [6, 6.07) is 2.13. The average Bonchev–Trinajstić information content (AvgIpc) is 2.10. The Morgan fingerprint density at radius 3 is 2.64 bits per heavy atom. The van der Waals surface area contributed by atoms with E-state index in [0.717, 1.165) is 0 Å². The lowest BCUT2D eigenvalue weighted by Gasteiger charge is -2.11. The summed E-state index contributed by atoms with van der Waals surface area (Å²) < 4.78 is 12.6. The SMILES string of the molecule is Cl.N[C@@H](CF)c1cc(Cl)cc(Br)c1O. The summed E-state index contributed by atoms with van der Waals surface area (Å²) in [5.41, 5.74) is 5.73. The number of phenols is 1. The molecule has 0 aliphatic rings. The van der Waals surface area contributed by atoms with Crippen LogP contribution in [0.3, 0.4) is 0 Å². The second-order valence-electron chi connectivity index (χ2n) is 2.59. The molecule has 3 N–H and O–H groups in total. The molecule has 1 atom stereocenters. The van der Waals surface area contributed by atoms with E-state index in [4.69, 9.17) is 17.3 Å². The third-order valence-corrected chi connectivity index (χ3v) is 2.45. The van der Waals surface area contributed by atoms with Crippen LogP contribution in [0, 0.1) is 0 Å². The van der Waals surface area contributed by atoms with E-state index in [-0.39, 0.29) is 18.2 Å². The fraction of sp³-hybridized carbons (Fsp3) is 0.250. The van der Waals surface area contributed by atoms with E-state index in [2.05, 4.69) is 15.9 Å². The average molecular weight is 305 g/mol. The molecule has 1 rings (SSSR count). The Labute approximate surface area is 101 Å². The maximum Gasteiger partial charge on any atom is 0.134 e. The van der Waals surface area contributed by atoms with Crippen molar-refractivity contribution in [1.29, 1.82) is 0 Å². The highest BCUT2D eigenvalue weighted by Crippen LogP contribution is 2.34. The number of halogens is 4. The monoisotopic (exact) mass is 303 g/mol. The van der Waals surface area contributed by atoms with Gasteiger partial charge in [0.2, 0.25) is 0 Å². The van der Waals surface area contributed by atoms with Crippen molar-refractivity contribution >= 4 is 39.9 Å². The van der Waals surface area contributed by atoms with Gasteiger partial charge in [0.1, 0.15) is 12.4 Å². The predicted octanol–water partition coefficient (Wildman–Crippen LogP) is 3.20. The van der Waals surface area contributed by atoms with E-state index in [1.165, 1.54) is 12.1 Å². The van der Waals surface area contributed by atoms with Gasteiger partial charge in [-0.2, -0.15) is 0 Å². The number of benzene rings is 1. The molecule has 2 nitrogen and oxygen atoms in total. The van der Waals surface area contributed by atoms with Gasteiger partial charge in [0, 0.05) is 10.6 Å². The van der Waals surface area contributed by atoms with Gasteiger partial charge < -0.3 is 10.8 Å². The Morgan fingerprint density at radius 2 is 2.14 bits per heavy atom.